The number of hydrogen-bond acceptors (Lipinski definition) is 2. The van der Waals surface area contributed by atoms with E-state index in [1.54, 1.807) is 18.3 Å². The summed E-state index contributed by atoms with van der Waals surface area (Å²) in [6, 6.07) is 7.21. The molecule has 5 heteroatoms. The molecule has 0 fully saturated rings. The summed E-state index contributed by atoms with van der Waals surface area (Å²) in [5.74, 6) is 0.385. The molecule has 0 aromatic carbocycles. The number of aromatic nitrogens is 2. The third-order valence-corrected chi connectivity index (χ3v) is 2.86. The lowest BCUT2D eigenvalue weighted by atomic mass is 10.4. The third kappa shape index (κ3) is 2.74. The molecule has 0 saturated carbocycles. The monoisotopic (exact) mass is 293 g/mol. The topological polar surface area (TPSA) is 46.9 Å². The van der Waals surface area contributed by atoms with Crippen LogP contribution >= 0.6 is 15.9 Å². The average Bonchev–Trinajstić information content (AvgIpc) is 2.77. The molecule has 4 nitrogen and oxygen atoms in total. The fourth-order valence-electron chi connectivity index (χ4n) is 1.55. The molecule has 0 aliphatic carbocycles. The molecule has 2 aromatic heterocycles. The van der Waals surface area contributed by atoms with Crippen molar-refractivity contribution >= 4 is 27.7 Å². The van der Waals surface area contributed by atoms with Crippen LogP contribution in [0.4, 0.5) is 5.82 Å². The summed E-state index contributed by atoms with van der Waals surface area (Å²) < 4.78 is 2.77. The van der Waals surface area contributed by atoms with E-state index >= 15 is 0 Å². The zero-order valence-electron chi connectivity index (χ0n) is 9.35. The van der Waals surface area contributed by atoms with Gasteiger partial charge in [-0.25, -0.2) is 4.98 Å². The number of nitrogens with one attached hydrogen (secondary N) is 1. The van der Waals surface area contributed by atoms with Crippen LogP contribution in [0.2, 0.25) is 0 Å². The van der Waals surface area contributed by atoms with Crippen molar-refractivity contribution in [2.24, 2.45) is 0 Å². The van der Waals surface area contributed by atoms with Gasteiger partial charge in [0.1, 0.15) is 11.5 Å². The molecule has 2 heterocycles. The Morgan fingerprint density at radius 3 is 3.06 bits per heavy atom. The van der Waals surface area contributed by atoms with E-state index in [1.165, 1.54) is 0 Å². The minimum atomic E-state index is -0.151. The smallest absolute Gasteiger partial charge is 0.273 e. The number of rotatable bonds is 3. The van der Waals surface area contributed by atoms with E-state index in [-0.39, 0.29) is 5.91 Å². The number of hydrogen-bond donors (Lipinski definition) is 1. The molecule has 0 unspecified atom stereocenters. The van der Waals surface area contributed by atoms with Gasteiger partial charge in [-0.2, -0.15) is 0 Å². The molecule has 0 aliphatic heterocycles. The summed E-state index contributed by atoms with van der Waals surface area (Å²) >= 11 is 3.33. The Labute approximate surface area is 108 Å². The van der Waals surface area contributed by atoms with Crippen molar-refractivity contribution in [3.05, 3.63) is 46.8 Å². The predicted octanol–water partition coefficient (Wildman–Crippen LogP) is 2.92. The Kier molecular flexibility index (Phi) is 3.58. The van der Waals surface area contributed by atoms with E-state index in [9.17, 15) is 4.79 Å². The second-order valence-electron chi connectivity index (χ2n) is 3.49. The van der Waals surface area contributed by atoms with Crippen LogP contribution < -0.4 is 5.32 Å². The number of aryl methyl sites for hydroxylation is 1. The van der Waals surface area contributed by atoms with Crippen molar-refractivity contribution in [2.75, 3.05) is 5.32 Å². The van der Waals surface area contributed by atoms with E-state index in [1.807, 2.05) is 29.8 Å². The summed E-state index contributed by atoms with van der Waals surface area (Å²) in [5, 5.41) is 2.76. The normalized spacial score (nSPS) is 10.2. The zero-order chi connectivity index (χ0) is 12.3. The van der Waals surface area contributed by atoms with Crippen molar-refractivity contribution in [1.82, 2.24) is 9.55 Å². The van der Waals surface area contributed by atoms with Crippen molar-refractivity contribution in [3.8, 4) is 0 Å². The second-order valence-corrected chi connectivity index (χ2v) is 4.41. The molecule has 0 radical (unpaired) electrons. The minimum absolute atomic E-state index is 0.151. The summed E-state index contributed by atoms with van der Waals surface area (Å²) in [6.45, 7) is 2.76. The van der Waals surface area contributed by atoms with Crippen LogP contribution in [0.15, 0.2) is 41.1 Å². The number of carbonyl (C=O) groups excluding carboxylic acids is 1. The first-order valence-electron chi connectivity index (χ1n) is 5.28. The molecule has 1 amide bonds. The van der Waals surface area contributed by atoms with E-state index in [0.717, 1.165) is 11.0 Å². The molecule has 0 aliphatic rings. The van der Waals surface area contributed by atoms with Crippen molar-refractivity contribution in [2.45, 2.75) is 13.5 Å². The first-order chi connectivity index (χ1) is 8.20. The highest BCUT2D eigenvalue weighted by molar-refractivity contribution is 9.10. The summed E-state index contributed by atoms with van der Waals surface area (Å²) in [7, 11) is 0. The Bertz CT molecular complexity index is 536. The predicted molar refractivity (Wildman–Crippen MR) is 70.0 cm³/mol. The molecule has 0 atom stereocenters. The van der Waals surface area contributed by atoms with Gasteiger partial charge < -0.3 is 9.88 Å². The lowest BCUT2D eigenvalue weighted by Gasteiger charge is -2.07. The van der Waals surface area contributed by atoms with Crippen LogP contribution in [0, 0.1) is 0 Å². The molecule has 0 spiro atoms. The van der Waals surface area contributed by atoms with E-state index in [4.69, 9.17) is 0 Å². The molecule has 88 valence electrons. The molecule has 2 aromatic rings. The molecule has 0 saturated heterocycles. The van der Waals surface area contributed by atoms with Gasteiger partial charge in [-0.05, 0) is 31.2 Å². The average molecular weight is 294 g/mol. The lowest BCUT2D eigenvalue weighted by molar-refractivity contribution is 0.101. The first-order valence-corrected chi connectivity index (χ1v) is 6.08. The van der Waals surface area contributed by atoms with E-state index < -0.39 is 0 Å². The second kappa shape index (κ2) is 5.14. The Morgan fingerprint density at radius 2 is 2.35 bits per heavy atom. The molecular formula is C12H12BrN3O. The van der Waals surface area contributed by atoms with Crippen LogP contribution in [0.25, 0.3) is 0 Å². The van der Waals surface area contributed by atoms with Crippen LogP contribution in [0.3, 0.4) is 0 Å². The van der Waals surface area contributed by atoms with Gasteiger partial charge in [0.25, 0.3) is 5.91 Å². The summed E-state index contributed by atoms with van der Waals surface area (Å²) in [5.41, 5.74) is 0.634. The maximum atomic E-state index is 12.0. The van der Waals surface area contributed by atoms with Gasteiger partial charge in [0.05, 0.1) is 0 Å². The van der Waals surface area contributed by atoms with E-state index in [2.05, 4.69) is 26.2 Å². The van der Waals surface area contributed by atoms with Crippen molar-refractivity contribution < 1.29 is 4.79 Å². The Hall–Kier alpha value is -1.62. The van der Waals surface area contributed by atoms with Crippen LogP contribution in [-0.2, 0) is 6.54 Å². The Balaban J connectivity index is 2.17. The fraction of sp³-hybridized carbons (Fsp3) is 0.167. The molecular weight excluding hydrogens is 282 g/mol. The number of pyridine rings is 1. The highest BCUT2D eigenvalue weighted by Gasteiger charge is 2.10. The van der Waals surface area contributed by atoms with Crippen LogP contribution in [0.5, 0.6) is 0 Å². The minimum Gasteiger partial charge on any atom is -0.344 e. The number of carbonyl (C=O) groups is 1. The number of amides is 1. The zero-order valence-corrected chi connectivity index (χ0v) is 10.9. The maximum Gasteiger partial charge on any atom is 0.273 e. The maximum absolute atomic E-state index is 12.0. The number of nitrogens with zero attached hydrogens (tertiary/aromatic N) is 2. The number of anilines is 1. The van der Waals surface area contributed by atoms with Gasteiger partial charge in [0.15, 0.2) is 0 Å². The largest absolute Gasteiger partial charge is 0.344 e. The van der Waals surface area contributed by atoms with Gasteiger partial charge in [-0.3, -0.25) is 4.79 Å². The number of halogens is 1. The quantitative estimate of drug-likeness (QED) is 0.946. The standard InChI is InChI=1S/C12H12BrN3O/c1-2-16-7-3-4-10(16)12(17)15-11-8-9(13)5-6-14-11/h3-8H,2H2,1H3,(H,14,15,17). The fourth-order valence-corrected chi connectivity index (χ4v) is 1.88. The third-order valence-electron chi connectivity index (χ3n) is 2.37. The lowest BCUT2D eigenvalue weighted by Crippen LogP contribution is -2.17. The van der Waals surface area contributed by atoms with Gasteiger partial charge >= 0.3 is 0 Å². The highest BCUT2D eigenvalue weighted by atomic mass is 79.9. The Morgan fingerprint density at radius 1 is 1.53 bits per heavy atom. The SMILES string of the molecule is CCn1cccc1C(=O)Nc1cc(Br)ccn1. The van der Waals surface area contributed by atoms with Crippen molar-refractivity contribution in [3.63, 3.8) is 0 Å². The van der Waals surface area contributed by atoms with Gasteiger partial charge in [-0.1, -0.05) is 15.9 Å². The molecule has 0 bridgehead atoms. The first kappa shape index (κ1) is 11.9. The van der Waals surface area contributed by atoms with E-state index in [0.29, 0.717) is 11.5 Å². The van der Waals surface area contributed by atoms with Gasteiger partial charge in [0.2, 0.25) is 0 Å². The van der Waals surface area contributed by atoms with Crippen molar-refractivity contribution in [1.29, 1.82) is 0 Å². The van der Waals surface area contributed by atoms with Gasteiger partial charge in [0, 0.05) is 23.4 Å². The highest BCUT2D eigenvalue weighted by Crippen LogP contribution is 2.14. The molecule has 2 rings (SSSR count). The molecule has 1 N–H and O–H groups in total. The molecule has 17 heavy (non-hydrogen) atoms. The summed E-state index contributed by atoms with van der Waals surface area (Å²) in [6.07, 6.45) is 3.52. The van der Waals surface area contributed by atoms with Crippen LogP contribution in [-0.4, -0.2) is 15.5 Å². The van der Waals surface area contributed by atoms with Crippen LogP contribution in [0.1, 0.15) is 17.4 Å². The van der Waals surface area contributed by atoms with Gasteiger partial charge in [-0.15, -0.1) is 0 Å². The summed E-state index contributed by atoms with van der Waals surface area (Å²) in [4.78, 5) is 16.1.